The minimum atomic E-state index is -0.0556. The standard InChI is InChI=1S/C15H11BrCl2O2/c1-20-11-3-4-13(16)12(8-11)15(19)7-9-6-10(17)2-5-14(9)18/h2-6,8H,7H2,1H3. The Labute approximate surface area is 135 Å². The predicted molar refractivity (Wildman–Crippen MR) is 85.2 cm³/mol. The van der Waals surface area contributed by atoms with Crippen molar-refractivity contribution >= 4 is 44.9 Å². The second kappa shape index (κ2) is 6.61. The average Bonchev–Trinajstić information content (AvgIpc) is 2.43. The summed E-state index contributed by atoms with van der Waals surface area (Å²) in [5.41, 5.74) is 1.26. The van der Waals surface area contributed by atoms with Crippen molar-refractivity contribution in [2.75, 3.05) is 7.11 Å². The topological polar surface area (TPSA) is 26.3 Å². The van der Waals surface area contributed by atoms with E-state index in [0.717, 1.165) is 4.47 Å². The SMILES string of the molecule is COc1ccc(Br)c(C(=O)Cc2cc(Cl)ccc2Cl)c1. The fourth-order valence-corrected chi connectivity index (χ4v) is 2.64. The highest BCUT2D eigenvalue weighted by Crippen LogP contribution is 2.26. The van der Waals surface area contributed by atoms with Crippen LogP contribution in [0.25, 0.3) is 0 Å². The summed E-state index contributed by atoms with van der Waals surface area (Å²) in [5, 5.41) is 1.09. The van der Waals surface area contributed by atoms with Crippen molar-refractivity contribution in [3.63, 3.8) is 0 Å². The molecule has 0 spiro atoms. The molecule has 0 heterocycles. The number of hydrogen-bond donors (Lipinski definition) is 0. The monoisotopic (exact) mass is 372 g/mol. The molecule has 0 atom stereocenters. The molecule has 2 rings (SSSR count). The van der Waals surface area contributed by atoms with Gasteiger partial charge in [-0.3, -0.25) is 4.79 Å². The molecule has 0 fully saturated rings. The lowest BCUT2D eigenvalue weighted by Crippen LogP contribution is -2.05. The summed E-state index contributed by atoms with van der Waals surface area (Å²) in [6.45, 7) is 0. The molecule has 2 aromatic rings. The van der Waals surface area contributed by atoms with Crippen molar-refractivity contribution < 1.29 is 9.53 Å². The van der Waals surface area contributed by atoms with Crippen LogP contribution in [0.4, 0.5) is 0 Å². The van der Waals surface area contributed by atoms with E-state index < -0.39 is 0 Å². The lowest BCUT2D eigenvalue weighted by molar-refractivity contribution is 0.0992. The normalized spacial score (nSPS) is 10.4. The van der Waals surface area contributed by atoms with Crippen LogP contribution in [0.5, 0.6) is 5.75 Å². The van der Waals surface area contributed by atoms with Gasteiger partial charge in [0.15, 0.2) is 5.78 Å². The Morgan fingerprint density at radius 2 is 1.95 bits per heavy atom. The molecule has 2 nitrogen and oxygen atoms in total. The molecule has 0 aliphatic carbocycles. The number of ether oxygens (including phenoxy) is 1. The summed E-state index contributed by atoms with van der Waals surface area (Å²) in [5.74, 6) is 0.577. The van der Waals surface area contributed by atoms with Gasteiger partial charge in [-0.05, 0) is 42.0 Å². The highest BCUT2D eigenvalue weighted by molar-refractivity contribution is 9.10. The van der Waals surface area contributed by atoms with Crippen molar-refractivity contribution in [3.05, 3.63) is 62.0 Å². The fourth-order valence-electron chi connectivity index (χ4n) is 1.79. The van der Waals surface area contributed by atoms with Crippen LogP contribution in [0.3, 0.4) is 0 Å². The van der Waals surface area contributed by atoms with E-state index in [-0.39, 0.29) is 12.2 Å². The van der Waals surface area contributed by atoms with E-state index >= 15 is 0 Å². The van der Waals surface area contributed by atoms with Crippen molar-refractivity contribution in [1.82, 2.24) is 0 Å². The fraction of sp³-hybridized carbons (Fsp3) is 0.133. The van der Waals surface area contributed by atoms with Crippen LogP contribution in [0.2, 0.25) is 10.0 Å². The third-order valence-electron chi connectivity index (χ3n) is 2.83. The molecule has 0 saturated heterocycles. The van der Waals surface area contributed by atoms with E-state index in [2.05, 4.69) is 15.9 Å². The Morgan fingerprint density at radius 3 is 2.65 bits per heavy atom. The number of ketones is 1. The molecule has 104 valence electrons. The summed E-state index contributed by atoms with van der Waals surface area (Å²) >= 11 is 15.4. The molecule has 2 aromatic carbocycles. The second-order valence-electron chi connectivity index (χ2n) is 4.18. The molecule has 0 aliphatic rings. The first-order valence-electron chi connectivity index (χ1n) is 5.82. The van der Waals surface area contributed by atoms with Gasteiger partial charge in [0.2, 0.25) is 0 Å². The zero-order chi connectivity index (χ0) is 14.7. The van der Waals surface area contributed by atoms with Crippen molar-refractivity contribution in [3.8, 4) is 5.75 Å². The Balaban J connectivity index is 2.30. The maximum atomic E-state index is 12.4. The quantitative estimate of drug-likeness (QED) is 0.689. The van der Waals surface area contributed by atoms with E-state index in [9.17, 15) is 4.79 Å². The molecule has 0 radical (unpaired) electrons. The second-order valence-corrected chi connectivity index (χ2v) is 5.88. The largest absolute Gasteiger partial charge is 0.497 e. The van der Waals surface area contributed by atoms with Gasteiger partial charge >= 0.3 is 0 Å². The number of benzene rings is 2. The number of hydrogen-bond acceptors (Lipinski definition) is 2. The van der Waals surface area contributed by atoms with Gasteiger partial charge in [0, 0.05) is 26.5 Å². The number of carbonyl (C=O) groups excluding carboxylic acids is 1. The molecular formula is C15H11BrCl2O2. The average molecular weight is 374 g/mol. The third kappa shape index (κ3) is 3.54. The van der Waals surface area contributed by atoms with Gasteiger partial charge in [-0.1, -0.05) is 39.1 Å². The van der Waals surface area contributed by atoms with Crippen LogP contribution in [0, 0.1) is 0 Å². The highest BCUT2D eigenvalue weighted by Gasteiger charge is 2.14. The number of methoxy groups -OCH3 is 1. The Hall–Kier alpha value is -1.03. The maximum absolute atomic E-state index is 12.4. The van der Waals surface area contributed by atoms with Crippen LogP contribution >= 0.6 is 39.1 Å². The molecule has 0 amide bonds. The molecule has 0 bridgehead atoms. The minimum Gasteiger partial charge on any atom is -0.497 e. The lowest BCUT2D eigenvalue weighted by Gasteiger charge is -2.08. The molecule has 0 aliphatic heterocycles. The molecule has 0 unspecified atom stereocenters. The molecule has 5 heteroatoms. The molecule has 20 heavy (non-hydrogen) atoms. The van der Waals surface area contributed by atoms with Crippen molar-refractivity contribution in [2.24, 2.45) is 0 Å². The van der Waals surface area contributed by atoms with E-state index in [0.29, 0.717) is 26.9 Å². The van der Waals surface area contributed by atoms with E-state index in [1.165, 1.54) is 0 Å². The third-order valence-corrected chi connectivity index (χ3v) is 4.13. The van der Waals surface area contributed by atoms with Gasteiger partial charge in [0.05, 0.1) is 7.11 Å². The highest BCUT2D eigenvalue weighted by atomic mass is 79.9. The smallest absolute Gasteiger partial charge is 0.168 e. The minimum absolute atomic E-state index is 0.0556. The summed E-state index contributed by atoms with van der Waals surface area (Å²) in [4.78, 5) is 12.4. The van der Waals surface area contributed by atoms with Gasteiger partial charge in [-0.2, -0.15) is 0 Å². The molecule has 0 aromatic heterocycles. The van der Waals surface area contributed by atoms with Crippen molar-refractivity contribution in [1.29, 1.82) is 0 Å². The summed E-state index contributed by atoms with van der Waals surface area (Å²) < 4.78 is 5.86. The predicted octanol–water partition coefficient (Wildman–Crippen LogP) is 5.19. The molecular weight excluding hydrogens is 363 g/mol. The Kier molecular flexibility index (Phi) is 5.08. The van der Waals surface area contributed by atoms with Gasteiger partial charge in [-0.15, -0.1) is 0 Å². The zero-order valence-corrected chi connectivity index (χ0v) is 13.7. The van der Waals surface area contributed by atoms with E-state index in [1.807, 2.05) is 0 Å². The van der Waals surface area contributed by atoms with Crippen LogP contribution in [-0.4, -0.2) is 12.9 Å². The summed E-state index contributed by atoms with van der Waals surface area (Å²) in [6.07, 6.45) is 0.186. The Morgan fingerprint density at radius 1 is 1.20 bits per heavy atom. The van der Waals surface area contributed by atoms with Gasteiger partial charge in [-0.25, -0.2) is 0 Å². The van der Waals surface area contributed by atoms with Crippen LogP contribution in [0.15, 0.2) is 40.9 Å². The maximum Gasteiger partial charge on any atom is 0.168 e. The first kappa shape index (κ1) is 15.4. The van der Waals surface area contributed by atoms with Gasteiger partial charge in [0.25, 0.3) is 0 Å². The Bertz CT molecular complexity index is 656. The van der Waals surface area contributed by atoms with E-state index in [4.69, 9.17) is 27.9 Å². The first-order valence-corrected chi connectivity index (χ1v) is 7.37. The van der Waals surface area contributed by atoms with Gasteiger partial charge < -0.3 is 4.74 Å². The number of rotatable bonds is 4. The van der Waals surface area contributed by atoms with E-state index in [1.54, 1.807) is 43.5 Å². The number of Topliss-reactive ketones (excluding diaryl/α,β-unsaturated/α-hetero) is 1. The van der Waals surface area contributed by atoms with Crippen LogP contribution in [-0.2, 0) is 6.42 Å². The van der Waals surface area contributed by atoms with Crippen LogP contribution in [0.1, 0.15) is 15.9 Å². The van der Waals surface area contributed by atoms with Crippen molar-refractivity contribution in [2.45, 2.75) is 6.42 Å². The summed E-state index contributed by atoms with van der Waals surface area (Å²) in [6, 6.07) is 10.4. The first-order chi connectivity index (χ1) is 9.51. The molecule has 0 N–H and O–H groups in total. The number of carbonyl (C=O) groups is 1. The number of halogens is 3. The lowest BCUT2D eigenvalue weighted by atomic mass is 10.0. The zero-order valence-electron chi connectivity index (χ0n) is 10.6. The van der Waals surface area contributed by atoms with Gasteiger partial charge in [0.1, 0.15) is 5.75 Å². The molecule has 0 saturated carbocycles. The summed E-state index contributed by atoms with van der Waals surface area (Å²) in [7, 11) is 1.56. The van der Waals surface area contributed by atoms with Crippen LogP contribution < -0.4 is 4.74 Å².